The number of carbonyl (C=O) groups is 2. The third-order valence-electron chi connectivity index (χ3n) is 3.03. The molecule has 2 rings (SSSR count). The van der Waals surface area contributed by atoms with Crippen molar-refractivity contribution in [2.45, 2.75) is 33.5 Å². The van der Waals surface area contributed by atoms with Crippen molar-refractivity contribution in [2.75, 3.05) is 0 Å². The van der Waals surface area contributed by atoms with Gasteiger partial charge in [-0.05, 0) is 13.8 Å². The monoisotopic (exact) mass is 291 g/mol. The standard InChI is InChI=1S/C13H17N5O3/c1-3-17-6-10(9(2)16-17)4-14-12(19)8-18-7-11(5-15-18)13(20)21/h5-7H,3-4,8H2,1-2H3,(H,14,19)(H,20,21). The molecule has 0 aliphatic heterocycles. The van der Waals surface area contributed by atoms with Gasteiger partial charge in [0, 0.05) is 31.0 Å². The number of nitrogens with one attached hydrogen (secondary N) is 1. The van der Waals surface area contributed by atoms with Gasteiger partial charge in [0.2, 0.25) is 5.91 Å². The van der Waals surface area contributed by atoms with Gasteiger partial charge in [-0.3, -0.25) is 14.2 Å². The van der Waals surface area contributed by atoms with Gasteiger partial charge in [0.05, 0.1) is 17.5 Å². The second kappa shape index (κ2) is 6.21. The number of hydrogen-bond acceptors (Lipinski definition) is 4. The van der Waals surface area contributed by atoms with Crippen molar-refractivity contribution in [2.24, 2.45) is 0 Å². The lowest BCUT2D eigenvalue weighted by Crippen LogP contribution is -2.27. The highest BCUT2D eigenvalue weighted by Crippen LogP contribution is 2.05. The molecule has 112 valence electrons. The van der Waals surface area contributed by atoms with Crippen LogP contribution in [0.5, 0.6) is 0 Å². The number of amides is 1. The molecule has 0 spiro atoms. The van der Waals surface area contributed by atoms with E-state index in [4.69, 9.17) is 5.11 Å². The minimum Gasteiger partial charge on any atom is -0.478 e. The summed E-state index contributed by atoms with van der Waals surface area (Å²) in [5.74, 6) is -1.30. The SMILES string of the molecule is CCn1cc(CNC(=O)Cn2cc(C(=O)O)cn2)c(C)n1. The minimum atomic E-state index is -1.07. The zero-order chi connectivity index (χ0) is 15.4. The summed E-state index contributed by atoms with van der Waals surface area (Å²) >= 11 is 0. The fourth-order valence-corrected chi connectivity index (χ4v) is 1.85. The molecule has 0 atom stereocenters. The lowest BCUT2D eigenvalue weighted by atomic mass is 10.2. The summed E-state index contributed by atoms with van der Waals surface area (Å²) in [6.07, 6.45) is 4.43. The average Bonchev–Trinajstić information content (AvgIpc) is 3.03. The van der Waals surface area contributed by atoms with Gasteiger partial charge in [-0.15, -0.1) is 0 Å². The van der Waals surface area contributed by atoms with Gasteiger partial charge in [0.25, 0.3) is 0 Å². The predicted molar refractivity (Wildman–Crippen MR) is 73.7 cm³/mol. The third-order valence-corrected chi connectivity index (χ3v) is 3.03. The van der Waals surface area contributed by atoms with Crippen molar-refractivity contribution in [1.82, 2.24) is 24.9 Å². The van der Waals surface area contributed by atoms with Crippen molar-refractivity contribution in [3.05, 3.63) is 35.4 Å². The van der Waals surface area contributed by atoms with Crippen molar-refractivity contribution in [3.63, 3.8) is 0 Å². The van der Waals surface area contributed by atoms with E-state index in [0.717, 1.165) is 17.8 Å². The van der Waals surface area contributed by atoms with E-state index in [1.165, 1.54) is 17.1 Å². The van der Waals surface area contributed by atoms with Crippen LogP contribution in [0, 0.1) is 6.92 Å². The largest absolute Gasteiger partial charge is 0.478 e. The van der Waals surface area contributed by atoms with Gasteiger partial charge in [-0.1, -0.05) is 0 Å². The number of aromatic nitrogens is 4. The molecule has 0 saturated carbocycles. The lowest BCUT2D eigenvalue weighted by Gasteiger charge is -2.04. The van der Waals surface area contributed by atoms with Crippen molar-refractivity contribution in [1.29, 1.82) is 0 Å². The summed E-state index contributed by atoms with van der Waals surface area (Å²) in [6.45, 7) is 5.03. The molecule has 2 heterocycles. The lowest BCUT2D eigenvalue weighted by molar-refractivity contribution is -0.122. The Labute approximate surface area is 121 Å². The maximum Gasteiger partial charge on any atom is 0.338 e. The van der Waals surface area contributed by atoms with Crippen LogP contribution in [-0.2, 0) is 24.4 Å². The van der Waals surface area contributed by atoms with Crippen LogP contribution in [0.1, 0.15) is 28.5 Å². The van der Waals surface area contributed by atoms with Crippen LogP contribution >= 0.6 is 0 Å². The first-order valence-corrected chi connectivity index (χ1v) is 6.55. The number of carbonyl (C=O) groups excluding carboxylic acids is 1. The van der Waals surface area contributed by atoms with Crippen molar-refractivity contribution in [3.8, 4) is 0 Å². The second-order valence-electron chi connectivity index (χ2n) is 4.60. The molecule has 0 aliphatic rings. The van der Waals surface area contributed by atoms with Gasteiger partial charge in [-0.25, -0.2) is 4.79 Å². The molecular formula is C13H17N5O3. The molecule has 1 amide bonds. The van der Waals surface area contributed by atoms with E-state index in [2.05, 4.69) is 15.5 Å². The summed E-state index contributed by atoms with van der Waals surface area (Å²) < 4.78 is 3.10. The van der Waals surface area contributed by atoms with Gasteiger partial charge >= 0.3 is 5.97 Å². The number of aromatic carboxylic acids is 1. The second-order valence-corrected chi connectivity index (χ2v) is 4.60. The van der Waals surface area contributed by atoms with Gasteiger partial charge in [0.15, 0.2) is 0 Å². The van der Waals surface area contributed by atoms with Crippen LogP contribution in [0.4, 0.5) is 0 Å². The summed E-state index contributed by atoms with van der Waals surface area (Å²) in [6, 6.07) is 0. The maximum atomic E-state index is 11.8. The van der Waals surface area contributed by atoms with Gasteiger partial charge < -0.3 is 10.4 Å². The molecule has 0 aliphatic carbocycles. The number of carboxylic acid groups (broad SMARTS) is 1. The fraction of sp³-hybridized carbons (Fsp3) is 0.385. The molecule has 0 saturated heterocycles. The first-order valence-electron chi connectivity index (χ1n) is 6.55. The Morgan fingerprint density at radius 1 is 1.33 bits per heavy atom. The summed E-state index contributed by atoms with van der Waals surface area (Å²) in [7, 11) is 0. The van der Waals surface area contributed by atoms with Crippen LogP contribution in [0.25, 0.3) is 0 Å². The van der Waals surface area contributed by atoms with Gasteiger partial charge in [0.1, 0.15) is 6.54 Å². The number of nitrogens with zero attached hydrogens (tertiary/aromatic N) is 4. The van der Waals surface area contributed by atoms with E-state index in [1.54, 1.807) is 0 Å². The van der Waals surface area contributed by atoms with Crippen LogP contribution < -0.4 is 5.32 Å². The smallest absolute Gasteiger partial charge is 0.338 e. The molecule has 21 heavy (non-hydrogen) atoms. The Bertz CT molecular complexity index is 659. The molecule has 2 aromatic rings. The zero-order valence-electron chi connectivity index (χ0n) is 11.9. The fourth-order valence-electron chi connectivity index (χ4n) is 1.85. The summed E-state index contributed by atoms with van der Waals surface area (Å²) in [5.41, 5.74) is 1.89. The number of aryl methyl sites for hydroxylation is 2. The highest BCUT2D eigenvalue weighted by atomic mass is 16.4. The average molecular weight is 291 g/mol. The molecule has 8 heteroatoms. The molecule has 0 unspecified atom stereocenters. The predicted octanol–water partition coefficient (Wildman–Crippen LogP) is 0.423. The molecule has 0 aromatic carbocycles. The summed E-state index contributed by atoms with van der Waals surface area (Å²) in [5, 5.41) is 19.7. The van der Waals surface area contributed by atoms with Crippen LogP contribution in [0.15, 0.2) is 18.6 Å². The van der Waals surface area contributed by atoms with Crippen LogP contribution in [0.3, 0.4) is 0 Å². The molecule has 8 nitrogen and oxygen atoms in total. The molecule has 2 aromatic heterocycles. The Hall–Kier alpha value is -2.64. The highest BCUT2D eigenvalue weighted by Gasteiger charge is 2.10. The normalized spacial score (nSPS) is 10.6. The molecular weight excluding hydrogens is 274 g/mol. The highest BCUT2D eigenvalue weighted by molar-refractivity contribution is 5.87. The maximum absolute atomic E-state index is 11.8. The van der Waals surface area contributed by atoms with E-state index in [9.17, 15) is 9.59 Å². The molecule has 0 radical (unpaired) electrons. The first kappa shape index (κ1) is 14.8. The minimum absolute atomic E-state index is 0.0196. The van der Waals surface area contributed by atoms with E-state index in [-0.39, 0.29) is 18.0 Å². The zero-order valence-corrected chi connectivity index (χ0v) is 11.9. The van der Waals surface area contributed by atoms with Crippen molar-refractivity contribution >= 4 is 11.9 Å². The molecule has 2 N–H and O–H groups in total. The van der Waals surface area contributed by atoms with E-state index in [0.29, 0.717) is 6.54 Å². The topological polar surface area (TPSA) is 102 Å². The van der Waals surface area contributed by atoms with Crippen LogP contribution in [-0.4, -0.2) is 36.5 Å². The van der Waals surface area contributed by atoms with E-state index < -0.39 is 5.97 Å². The van der Waals surface area contributed by atoms with Crippen LogP contribution in [0.2, 0.25) is 0 Å². The van der Waals surface area contributed by atoms with E-state index >= 15 is 0 Å². The van der Waals surface area contributed by atoms with E-state index in [1.807, 2.05) is 24.7 Å². The summed E-state index contributed by atoms with van der Waals surface area (Å²) in [4.78, 5) is 22.5. The number of rotatable bonds is 6. The number of carboxylic acids is 1. The third kappa shape index (κ3) is 3.68. The number of hydrogen-bond donors (Lipinski definition) is 2. The molecule has 0 fully saturated rings. The Kier molecular flexibility index (Phi) is 4.36. The van der Waals surface area contributed by atoms with Gasteiger partial charge in [-0.2, -0.15) is 10.2 Å². The first-order chi connectivity index (χ1) is 9.99. The Morgan fingerprint density at radius 3 is 2.67 bits per heavy atom. The quantitative estimate of drug-likeness (QED) is 0.803. The van der Waals surface area contributed by atoms with Crippen molar-refractivity contribution < 1.29 is 14.7 Å². The Balaban J connectivity index is 1.89. The molecule has 0 bridgehead atoms. The Morgan fingerprint density at radius 2 is 2.10 bits per heavy atom.